The molecule has 0 unspecified atom stereocenters. The number of hydrogen-bond acceptors (Lipinski definition) is 5. The molecule has 0 aliphatic heterocycles. The van der Waals surface area contributed by atoms with Crippen molar-refractivity contribution in [3.63, 3.8) is 0 Å². The van der Waals surface area contributed by atoms with E-state index in [0.717, 1.165) is 4.34 Å². The molecule has 4 nitrogen and oxygen atoms in total. The summed E-state index contributed by atoms with van der Waals surface area (Å²) < 4.78 is 0.811. The summed E-state index contributed by atoms with van der Waals surface area (Å²) in [6.45, 7) is 0. The van der Waals surface area contributed by atoms with E-state index in [1.807, 2.05) is 5.38 Å². The molecule has 76 valence electrons. The highest BCUT2D eigenvalue weighted by molar-refractivity contribution is 8.01. The Kier molecular flexibility index (Phi) is 2.98. The van der Waals surface area contributed by atoms with Gasteiger partial charge in [0, 0.05) is 28.9 Å². The smallest absolute Gasteiger partial charge is 0.336 e. The van der Waals surface area contributed by atoms with Crippen molar-refractivity contribution in [1.29, 1.82) is 0 Å². The van der Waals surface area contributed by atoms with Crippen LogP contribution in [0.4, 0.5) is 0 Å². The van der Waals surface area contributed by atoms with Gasteiger partial charge in [0.15, 0.2) is 4.34 Å². The highest BCUT2D eigenvalue weighted by atomic mass is 32.2. The predicted octanol–water partition coefficient (Wildman–Crippen LogP) is 2.39. The first kappa shape index (κ1) is 10.1. The van der Waals surface area contributed by atoms with Gasteiger partial charge in [-0.2, -0.15) is 0 Å². The summed E-state index contributed by atoms with van der Waals surface area (Å²) in [5, 5.41) is 10.8. The van der Waals surface area contributed by atoms with Gasteiger partial charge in [0.25, 0.3) is 0 Å². The van der Waals surface area contributed by atoms with Gasteiger partial charge in [-0.25, -0.2) is 9.78 Å². The summed E-state index contributed by atoms with van der Waals surface area (Å²) in [4.78, 5) is 19.5. The van der Waals surface area contributed by atoms with Crippen LogP contribution in [0.15, 0.2) is 39.3 Å². The highest BCUT2D eigenvalue weighted by Gasteiger charge is 2.11. The minimum atomic E-state index is -0.948. The Morgan fingerprint density at radius 2 is 2.33 bits per heavy atom. The zero-order valence-electron chi connectivity index (χ0n) is 7.45. The number of aromatic nitrogens is 2. The Hall–Kier alpha value is -1.40. The lowest BCUT2D eigenvalue weighted by Crippen LogP contribution is -1.98. The van der Waals surface area contributed by atoms with Crippen LogP contribution >= 0.6 is 23.1 Å². The number of rotatable bonds is 3. The molecule has 0 aliphatic carbocycles. The van der Waals surface area contributed by atoms with E-state index in [2.05, 4.69) is 9.97 Å². The Balaban J connectivity index is 2.32. The van der Waals surface area contributed by atoms with Crippen LogP contribution in [0, 0.1) is 0 Å². The molecule has 6 heteroatoms. The van der Waals surface area contributed by atoms with Crippen molar-refractivity contribution in [3.05, 3.63) is 35.6 Å². The van der Waals surface area contributed by atoms with Gasteiger partial charge in [-0.1, -0.05) is 11.8 Å². The molecule has 0 aromatic carbocycles. The topological polar surface area (TPSA) is 63.1 Å². The number of carboxylic acid groups (broad SMARTS) is 1. The summed E-state index contributed by atoms with van der Waals surface area (Å²) in [5.41, 5.74) is 0.255. The number of pyridine rings is 1. The van der Waals surface area contributed by atoms with E-state index in [9.17, 15) is 4.79 Å². The second-order valence-corrected chi connectivity index (χ2v) is 4.76. The van der Waals surface area contributed by atoms with Crippen molar-refractivity contribution in [2.75, 3.05) is 0 Å². The SMILES string of the molecule is O=C(O)c1ccncc1Sc1nccs1. The van der Waals surface area contributed by atoms with E-state index in [0.29, 0.717) is 4.90 Å². The van der Waals surface area contributed by atoms with E-state index >= 15 is 0 Å². The summed E-state index contributed by atoms with van der Waals surface area (Å²) in [7, 11) is 0. The second-order valence-electron chi connectivity index (χ2n) is 2.58. The van der Waals surface area contributed by atoms with E-state index in [1.54, 1.807) is 6.20 Å². The first-order valence-electron chi connectivity index (χ1n) is 4.02. The lowest BCUT2D eigenvalue weighted by atomic mass is 10.3. The Labute approximate surface area is 94.0 Å². The van der Waals surface area contributed by atoms with E-state index in [4.69, 9.17) is 5.11 Å². The minimum Gasteiger partial charge on any atom is -0.478 e. The Morgan fingerprint density at radius 3 is 3.00 bits per heavy atom. The predicted molar refractivity (Wildman–Crippen MR) is 57.4 cm³/mol. The van der Waals surface area contributed by atoms with Crippen LogP contribution in [0.5, 0.6) is 0 Å². The second kappa shape index (κ2) is 4.41. The minimum absolute atomic E-state index is 0.255. The van der Waals surface area contributed by atoms with Crippen molar-refractivity contribution in [1.82, 2.24) is 9.97 Å². The molecule has 2 heterocycles. The third kappa shape index (κ3) is 2.34. The maximum atomic E-state index is 10.9. The van der Waals surface area contributed by atoms with Crippen LogP contribution in [0.2, 0.25) is 0 Å². The number of carbonyl (C=O) groups is 1. The molecule has 0 atom stereocenters. The van der Waals surface area contributed by atoms with E-state index in [-0.39, 0.29) is 5.56 Å². The van der Waals surface area contributed by atoms with Crippen molar-refractivity contribution in [2.45, 2.75) is 9.24 Å². The van der Waals surface area contributed by atoms with Gasteiger partial charge in [-0.05, 0) is 6.07 Å². The summed E-state index contributed by atoms with van der Waals surface area (Å²) in [5.74, 6) is -0.948. The van der Waals surface area contributed by atoms with Crippen LogP contribution in [0.3, 0.4) is 0 Å². The van der Waals surface area contributed by atoms with Crippen molar-refractivity contribution in [2.24, 2.45) is 0 Å². The van der Waals surface area contributed by atoms with Crippen LogP contribution in [-0.4, -0.2) is 21.0 Å². The highest BCUT2D eigenvalue weighted by Crippen LogP contribution is 2.30. The average Bonchev–Trinajstić information content (AvgIpc) is 2.71. The zero-order chi connectivity index (χ0) is 10.7. The lowest BCUT2D eigenvalue weighted by Gasteiger charge is -2.01. The molecule has 2 rings (SSSR count). The van der Waals surface area contributed by atoms with E-state index in [1.165, 1.54) is 41.6 Å². The van der Waals surface area contributed by atoms with Crippen LogP contribution in [-0.2, 0) is 0 Å². The number of thiazole rings is 1. The molecular formula is C9H6N2O2S2. The molecule has 0 aliphatic rings. The van der Waals surface area contributed by atoms with Crippen LogP contribution < -0.4 is 0 Å². The largest absolute Gasteiger partial charge is 0.478 e. The fourth-order valence-electron chi connectivity index (χ4n) is 0.993. The van der Waals surface area contributed by atoms with Gasteiger partial charge < -0.3 is 5.11 Å². The van der Waals surface area contributed by atoms with Crippen LogP contribution in [0.1, 0.15) is 10.4 Å². The monoisotopic (exact) mass is 238 g/mol. The van der Waals surface area contributed by atoms with Gasteiger partial charge >= 0.3 is 5.97 Å². The fourth-order valence-corrected chi connectivity index (χ4v) is 2.66. The van der Waals surface area contributed by atoms with Gasteiger partial charge in [-0.15, -0.1) is 11.3 Å². The molecule has 0 saturated heterocycles. The van der Waals surface area contributed by atoms with Crippen molar-refractivity contribution in [3.8, 4) is 0 Å². The third-order valence-corrected chi connectivity index (χ3v) is 3.55. The van der Waals surface area contributed by atoms with Gasteiger partial charge in [0.1, 0.15) is 0 Å². The Morgan fingerprint density at radius 1 is 1.47 bits per heavy atom. The van der Waals surface area contributed by atoms with Gasteiger partial charge in [-0.3, -0.25) is 4.98 Å². The molecule has 0 bridgehead atoms. The molecule has 0 fully saturated rings. The number of carboxylic acids is 1. The summed E-state index contributed by atoms with van der Waals surface area (Å²) >= 11 is 2.78. The summed E-state index contributed by atoms with van der Waals surface area (Å²) in [6.07, 6.45) is 4.69. The summed E-state index contributed by atoms with van der Waals surface area (Å²) in [6, 6.07) is 1.48. The molecule has 0 spiro atoms. The first-order chi connectivity index (χ1) is 7.27. The van der Waals surface area contributed by atoms with Gasteiger partial charge in [0.2, 0.25) is 0 Å². The Bertz CT molecular complexity index is 471. The van der Waals surface area contributed by atoms with E-state index < -0.39 is 5.97 Å². The zero-order valence-corrected chi connectivity index (χ0v) is 9.09. The molecule has 0 radical (unpaired) electrons. The van der Waals surface area contributed by atoms with Crippen LogP contribution in [0.25, 0.3) is 0 Å². The standard InChI is InChI=1S/C9H6N2O2S2/c12-8(13)6-1-2-10-5-7(6)15-9-11-3-4-14-9/h1-5H,(H,12,13). The van der Waals surface area contributed by atoms with Gasteiger partial charge in [0.05, 0.1) is 5.56 Å². The first-order valence-corrected chi connectivity index (χ1v) is 5.71. The normalized spacial score (nSPS) is 10.1. The number of aromatic carboxylic acids is 1. The maximum absolute atomic E-state index is 10.9. The molecule has 2 aromatic heterocycles. The fraction of sp³-hybridized carbons (Fsp3) is 0. The maximum Gasteiger partial charge on any atom is 0.336 e. The number of nitrogens with zero attached hydrogens (tertiary/aromatic N) is 2. The molecule has 0 amide bonds. The molecule has 2 aromatic rings. The molecular weight excluding hydrogens is 232 g/mol. The van der Waals surface area contributed by atoms with Crippen molar-refractivity contribution < 1.29 is 9.90 Å². The lowest BCUT2D eigenvalue weighted by molar-refractivity contribution is 0.0693. The number of hydrogen-bond donors (Lipinski definition) is 1. The van der Waals surface area contributed by atoms with Crippen molar-refractivity contribution >= 4 is 29.1 Å². The molecule has 0 saturated carbocycles. The quantitative estimate of drug-likeness (QED) is 0.889. The average molecular weight is 238 g/mol. The third-order valence-electron chi connectivity index (χ3n) is 1.62. The molecule has 15 heavy (non-hydrogen) atoms. The molecule has 1 N–H and O–H groups in total.